The smallest absolute Gasteiger partial charge is 0.264 e. The van der Waals surface area contributed by atoms with Crippen LogP contribution in [0.5, 0.6) is 0 Å². The second-order valence-electron chi connectivity index (χ2n) is 8.79. The molecule has 11 heteroatoms. The molecule has 0 radical (unpaired) electrons. The molecule has 0 aliphatic heterocycles. The lowest BCUT2D eigenvalue weighted by Gasteiger charge is -2.32. The molecule has 3 aromatic rings. The van der Waals surface area contributed by atoms with E-state index in [0.717, 1.165) is 15.4 Å². The molecule has 0 saturated carbocycles. The number of likely N-dealkylation sites (N-methyl/N-ethyl adjacent to an activating group) is 1. The minimum absolute atomic E-state index is 0.00602. The van der Waals surface area contributed by atoms with Gasteiger partial charge in [0.25, 0.3) is 10.0 Å². The number of rotatable bonds is 9. The summed E-state index contributed by atoms with van der Waals surface area (Å²) in [6.07, 6.45) is 0. The highest BCUT2D eigenvalue weighted by Crippen LogP contribution is 2.28. The van der Waals surface area contributed by atoms with Crippen LogP contribution in [0.4, 0.5) is 5.69 Å². The van der Waals surface area contributed by atoms with Gasteiger partial charge in [-0.25, -0.2) is 8.42 Å². The quantitative estimate of drug-likeness (QED) is 0.347. The van der Waals surface area contributed by atoms with E-state index in [0.29, 0.717) is 26.3 Å². The van der Waals surface area contributed by atoms with Gasteiger partial charge in [-0.1, -0.05) is 46.9 Å². The molecule has 0 heterocycles. The Bertz CT molecular complexity index is 1450. The first-order valence-corrected chi connectivity index (χ1v) is 14.2. The van der Waals surface area contributed by atoms with Crippen molar-refractivity contribution in [2.24, 2.45) is 0 Å². The number of halogens is 3. The Labute approximate surface area is 238 Å². The Hall–Kier alpha value is -2.78. The third kappa shape index (κ3) is 6.80. The van der Waals surface area contributed by atoms with Crippen molar-refractivity contribution in [3.63, 3.8) is 0 Å². The number of aryl methyl sites for hydroxylation is 2. The molecule has 3 aromatic carbocycles. The van der Waals surface area contributed by atoms with Gasteiger partial charge in [0.2, 0.25) is 11.8 Å². The highest BCUT2D eigenvalue weighted by atomic mass is 35.5. The number of carbonyl (C=O) groups excluding carboxylic acids is 2. The van der Waals surface area contributed by atoms with Crippen LogP contribution in [0.1, 0.15) is 23.6 Å². The molecular weight excluding hydrogens is 569 g/mol. The van der Waals surface area contributed by atoms with Crippen molar-refractivity contribution in [3.8, 4) is 0 Å². The lowest BCUT2D eigenvalue weighted by Crippen LogP contribution is -2.50. The molecule has 7 nitrogen and oxygen atoms in total. The van der Waals surface area contributed by atoms with Gasteiger partial charge >= 0.3 is 0 Å². The third-order valence-corrected chi connectivity index (χ3v) is 8.99. The molecule has 1 N–H and O–H groups in total. The zero-order valence-corrected chi connectivity index (χ0v) is 24.4. The highest BCUT2D eigenvalue weighted by Gasteiger charge is 2.32. The van der Waals surface area contributed by atoms with Crippen molar-refractivity contribution >= 4 is 62.3 Å². The number of amides is 2. The van der Waals surface area contributed by atoms with Crippen LogP contribution in [0, 0.1) is 13.8 Å². The van der Waals surface area contributed by atoms with Gasteiger partial charge in [-0.2, -0.15) is 0 Å². The van der Waals surface area contributed by atoms with Crippen LogP contribution in [0.15, 0.2) is 65.6 Å². The van der Waals surface area contributed by atoms with E-state index < -0.39 is 34.4 Å². The van der Waals surface area contributed by atoms with Gasteiger partial charge in [-0.05, 0) is 86.0 Å². The predicted molar refractivity (Wildman–Crippen MR) is 152 cm³/mol. The largest absolute Gasteiger partial charge is 0.357 e. The van der Waals surface area contributed by atoms with E-state index >= 15 is 0 Å². The Morgan fingerprint density at radius 1 is 0.895 bits per heavy atom. The Kier molecular flexibility index (Phi) is 9.70. The molecule has 0 saturated heterocycles. The summed E-state index contributed by atoms with van der Waals surface area (Å²) >= 11 is 18.2. The first kappa shape index (κ1) is 29.8. The van der Waals surface area contributed by atoms with Gasteiger partial charge in [0, 0.05) is 18.6 Å². The maximum Gasteiger partial charge on any atom is 0.264 e. The molecule has 2 amide bonds. The number of benzene rings is 3. The molecule has 3 rings (SSSR count). The summed E-state index contributed by atoms with van der Waals surface area (Å²) in [5.74, 6) is -0.986. The van der Waals surface area contributed by atoms with Gasteiger partial charge in [-0.3, -0.25) is 13.9 Å². The van der Waals surface area contributed by atoms with E-state index in [-0.39, 0.29) is 11.4 Å². The van der Waals surface area contributed by atoms with Gasteiger partial charge in [0.1, 0.15) is 12.6 Å². The normalized spacial score (nSPS) is 12.1. The molecule has 0 unspecified atom stereocenters. The second kappa shape index (κ2) is 12.4. The number of hydrogen-bond donors (Lipinski definition) is 1. The van der Waals surface area contributed by atoms with Crippen LogP contribution >= 0.6 is 34.8 Å². The van der Waals surface area contributed by atoms with Gasteiger partial charge in [-0.15, -0.1) is 0 Å². The molecule has 1 atom stereocenters. The number of carbonyl (C=O) groups is 2. The van der Waals surface area contributed by atoms with Crippen LogP contribution < -0.4 is 9.62 Å². The van der Waals surface area contributed by atoms with E-state index in [2.05, 4.69) is 5.32 Å². The number of sulfonamides is 1. The zero-order chi connectivity index (χ0) is 28.2. The van der Waals surface area contributed by atoms with Gasteiger partial charge in [0.05, 0.1) is 20.6 Å². The van der Waals surface area contributed by atoms with Crippen LogP contribution in [0.2, 0.25) is 15.1 Å². The highest BCUT2D eigenvalue weighted by molar-refractivity contribution is 7.92. The van der Waals surface area contributed by atoms with Gasteiger partial charge < -0.3 is 10.2 Å². The van der Waals surface area contributed by atoms with E-state index in [1.807, 2.05) is 13.8 Å². The molecule has 0 aliphatic carbocycles. The number of nitrogens with one attached hydrogen (secondary N) is 1. The molecule has 0 spiro atoms. The van der Waals surface area contributed by atoms with Crippen molar-refractivity contribution in [1.29, 1.82) is 0 Å². The summed E-state index contributed by atoms with van der Waals surface area (Å²) in [7, 11) is -2.71. The van der Waals surface area contributed by atoms with Crippen molar-refractivity contribution in [2.75, 3.05) is 17.9 Å². The fraction of sp³-hybridized carbons (Fsp3) is 0.259. The standard InChI is InChI=1S/C27H28Cl3N3O4S/c1-17-5-9-22(13-18(17)2)33(38(36,37)23-10-7-21(28)8-11-23)16-26(34)32(19(3)27(35)31-4)15-20-6-12-24(29)25(30)14-20/h5-14,19H,15-16H2,1-4H3,(H,31,35)/t19-/m0/s1. The van der Waals surface area contributed by atoms with Crippen LogP contribution in [0.3, 0.4) is 0 Å². The van der Waals surface area contributed by atoms with E-state index in [9.17, 15) is 18.0 Å². The van der Waals surface area contributed by atoms with E-state index in [1.54, 1.807) is 43.3 Å². The third-order valence-electron chi connectivity index (χ3n) is 6.21. The Morgan fingerprint density at radius 2 is 1.55 bits per heavy atom. The number of anilines is 1. The summed E-state index contributed by atoms with van der Waals surface area (Å²) in [6.45, 7) is 4.80. The first-order valence-electron chi connectivity index (χ1n) is 11.7. The minimum Gasteiger partial charge on any atom is -0.357 e. The first-order chi connectivity index (χ1) is 17.8. The van der Waals surface area contributed by atoms with Crippen molar-refractivity contribution < 1.29 is 18.0 Å². The second-order valence-corrected chi connectivity index (χ2v) is 11.9. The maximum absolute atomic E-state index is 13.8. The number of hydrogen-bond acceptors (Lipinski definition) is 4. The van der Waals surface area contributed by atoms with Crippen LogP contribution in [-0.2, 0) is 26.2 Å². The molecule has 0 aromatic heterocycles. The Balaban J connectivity index is 2.06. The van der Waals surface area contributed by atoms with Crippen LogP contribution in [-0.4, -0.2) is 44.8 Å². The molecule has 0 fully saturated rings. The fourth-order valence-electron chi connectivity index (χ4n) is 3.77. The average molecular weight is 597 g/mol. The minimum atomic E-state index is -4.18. The van der Waals surface area contributed by atoms with Gasteiger partial charge in [0.15, 0.2) is 0 Å². The van der Waals surface area contributed by atoms with E-state index in [4.69, 9.17) is 34.8 Å². The average Bonchev–Trinajstić information content (AvgIpc) is 2.88. The molecule has 38 heavy (non-hydrogen) atoms. The Morgan fingerprint density at radius 3 is 2.13 bits per heavy atom. The van der Waals surface area contributed by atoms with E-state index in [1.165, 1.54) is 36.2 Å². The molecule has 202 valence electrons. The molecule has 0 aliphatic rings. The fourth-order valence-corrected chi connectivity index (χ4v) is 5.62. The zero-order valence-electron chi connectivity index (χ0n) is 21.3. The van der Waals surface area contributed by atoms with Crippen molar-refractivity contribution in [2.45, 2.75) is 38.3 Å². The summed E-state index contributed by atoms with van der Waals surface area (Å²) in [6, 6.07) is 14.9. The predicted octanol–water partition coefficient (Wildman–Crippen LogP) is 5.62. The van der Waals surface area contributed by atoms with Crippen molar-refractivity contribution in [3.05, 3.63) is 92.4 Å². The summed E-state index contributed by atoms with van der Waals surface area (Å²) in [5, 5.41) is 3.57. The van der Waals surface area contributed by atoms with Crippen LogP contribution in [0.25, 0.3) is 0 Å². The lowest BCUT2D eigenvalue weighted by atomic mass is 10.1. The number of nitrogens with zero attached hydrogens (tertiary/aromatic N) is 2. The summed E-state index contributed by atoms with van der Waals surface area (Å²) in [5.41, 5.74) is 2.77. The monoisotopic (exact) mass is 595 g/mol. The molecule has 0 bridgehead atoms. The van der Waals surface area contributed by atoms with Crippen molar-refractivity contribution in [1.82, 2.24) is 10.2 Å². The SMILES string of the molecule is CNC(=O)[C@H](C)N(Cc1ccc(Cl)c(Cl)c1)C(=O)CN(c1ccc(C)c(C)c1)S(=O)(=O)c1ccc(Cl)cc1. The lowest BCUT2D eigenvalue weighted by molar-refractivity contribution is -0.139. The summed E-state index contributed by atoms with van der Waals surface area (Å²) < 4.78 is 28.6. The summed E-state index contributed by atoms with van der Waals surface area (Å²) in [4.78, 5) is 27.6. The maximum atomic E-state index is 13.8. The topological polar surface area (TPSA) is 86.8 Å². The molecular formula is C27H28Cl3N3O4S.